The summed E-state index contributed by atoms with van der Waals surface area (Å²) in [5.41, 5.74) is 5.37. The molecule has 1 aromatic rings. The smallest absolute Gasteiger partial charge is 0.144 e. The molecular formula is C32H38FN7. The van der Waals surface area contributed by atoms with E-state index >= 15 is 0 Å². The molecule has 0 radical (unpaired) electrons. The van der Waals surface area contributed by atoms with E-state index in [9.17, 15) is 9.65 Å². The predicted octanol–water partition coefficient (Wildman–Crippen LogP) is 4.91. The van der Waals surface area contributed by atoms with Crippen molar-refractivity contribution in [3.05, 3.63) is 76.7 Å². The summed E-state index contributed by atoms with van der Waals surface area (Å²) in [4.78, 5) is 11.5. The molecule has 1 aromatic heterocycles. The van der Waals surface area contributed by atoms with E-state index in [0.717, 1.165) is 42.1 Å². The number of aromatic nitrogens is 1. The summed E-state index contributed by atoms with van der Waals surface area (Å²) in [6.45, 7) is 6.85. The third-order valence-corrected chi connectivity index (χ3v) is 9.14. The maximum atomic E-state index is 14.4. The summed E-state index contributed by atoms with van der Waals surface area (Å²) in [5, 5.41) is 19.8. The molecule has 0 saturated heterocycles. The number of allylic oxidation sites excluding steroid dienone is 4. The first-order valence-corrected chi connectivity index (χ1v) is 14.6. The Kier molecular flexibility index (Phi) is 7.41. The van der Waals surface area contributed by atoms with E-state index in [0.29, 0.717) is 30.6 Å². The van der Waals surface area contributed by atoms with Gasteiger partial charge >= 0.3 is 0 Å². The van der Waals surface area contributed by atoms with Gasteiger partial charge in [0, 0.05) is 50.5 Å². The number of nitrogens with one attached hydrogen (secondary N) is 1. The predicted molar refractivity (Wildman–Crippen MR) is 156 cm³/mol. The van der Waals surface area contributed by atoms with Crippen molar-refractivity contribution in [2.24, 2.45) is 27.3 Å². The lowest BCUT2D eigenvalue weighted by Gasteiger charge is -2.31. The van der Waals surface area contributed by atoms with Crippen LogP contribution in [0.1, 0.15) is 50.8 Å². The third kappa shape index (κ3) is 5.53. The van der Waals surface area contributed by atoms with Crippen LogP contribution in [0.4, 0.5) is 4.39 Å². The molecule has 2 fully saturated rings. The molecule has 3 aliphatic heterocycles. The Balaban J connectivity index is 1.21. The zero-order valence-corrected chi connectivity index (χ0v) is 23.4. The fourth-order valence-electron chi connectivity index (χ4n) is 6.20. The summed E-state index contributed by atoms with van der Waals surface area (Å²) in [5.74, 6) is 0.436. The first kappa shape index (κ1) is 26.6. The van der Waals surface area contributed by atoms with Gasteiger partial charge in [-0.2, -0.15) is 10.4 Å². The van der Waals surface area contributed by atoms with Crippen molar-refractivity contribution in [2.75, 3.05) is 19.6 Å². The molecule has 5 aliphatic rings. The Hall–Kier alpha value is -3.57. The molecule has 1 N–H and O–H groups in total. The molecule has 0 spiro atoms. The van der Waals surface area contributed by atoms with Crippen molar-refractivity contribution in [3.8, 4) is 6.07 Å². The van der Waals surface area contributed by atoms with E-state index in [-0.39, 0.29) is 23.8 Å². The molecular weight excluding hydrogens is 501 g/mol. The summed E-state index contributed by atoms with van der Waals surface area (Å²) in [6, 6.07) is 4.05. The summed E-state index contributed by atoms with van der Waals surface area (Å²) >= 11 is 0. The standard InChI is InChI=1S/C32H38FN7/c1-3-30-29(33)12-24(17-37-30)20-39-10-9-35-8-4-5-25(18-36-16-22(39)2)28-11-23(6-7-32-13-27(32)14-32)21-40-31(28)26(15-34)19-38-40/h4-5,8,11-12,17-19,21-22,26-27,31,35H,3,6-7,9-10,13-14,16,20H2,1-2H3/b8-4+,25-5+,36-18?. The lowest BCUT2D eigenvalue weighted by Crippen LogP contribution is -2.39. The van der Waals surface area contributed by atoms with E-state index in [2.05, 4.69) is 51.6 Å². The van der Waals surface area contributed by atoms with Crippen LogP contribution < -0.4 is 5.32 Å². The van der Waals surface area contributed by atoms with E-state index in [1.54, 1.807) is 18.5 Å². The van der Waals surface area contributed by atoms with Gasteiger partial charge in [-0.1, -0.05) is 19.1 Å². The van der Waals surface area contributed by atoms with Crippen molar-refractivity contribution < 1.29 is 4.39 Å². The van der Waals surface area contributed by atoms with E-state index < -0.39 is 0 Å². The van der Waals surface area contributed by atoms with Gasteiger partial charge in [0.1, 0.15) is 11.7 Å². The number of hydrogen-bond acceptors (Lipinski definition) is 7. The van der Waals surface area contributed by atoms with Crippen LogP contribution in [0, 0.1) is 34.4 Å². The topological polar surface area (TPSA) is 79.9 Å². The maximum Gasteiger partial charge on any atom is 0.144 e. The molecule has 3 atom stereocenters. The number of aliphatic imine (C=N–C) groups is 1. The van der Waals surface area contributed by atoms with Crippen LogP contribution in [-0.2, 0) is 13.0 Å². The quantitative estimate of drug-likeness (QED) is 0.533. The number of nitrogens with zero attached hydrogens (tertiary/aromatic N) is 6. The van der Waals surface area contributed by atoms with Crippen molar-refractivity contribution in [1.29, 1.82) is 5.26 Å². The summed E-state index contributed by atoms with van der Waals surface area (Å²) < 4.78 is 14.4. The number of hydrazone groups is 1. The summed E-state index contributed by atoms with van der Waals surface area (Å²) in [6.07, 6.45) is 21.6. The van der Waals surface area contributed by atoms with Gasteiger partial charge in [-0.25, -0.2) is 4.39 Å². The SMILES string of the molecule is CCc1ncc(CN2CCN/C=C/C=C(/C3=CC(CCC45CC4C5)=CN4N=CC(C#N)C34)C=NCC2C)cc1F. The Bertz CT molecular complexity index is 1360. The molecule has 2 saturated carbocycles. The molecule has 6 rings (SSSR count). The maximum absolute atomic E-state index is 14.4. The molecule has 4 heterocycles. The molecule has 7 nitrogen and oxygen atoms in total. The minimum absolute atomic E-state index is 0.143. The van der Waals surface area contributed by atoms with Gasteiger partial charge in [0.05, 0.1) is 24.3 Å². The van der Waals surface area contributed by atoms with Crippen LogP contribution in [0.3, 0.4) is 0 Å². The fourth-order valence-corrected chi connectivity index (χ4v) is 6.20. The molecule has 3 unspecified atom stereocenters. The van der Waals surface area contributed by atoms with E-state index in [1.807, 2.05) is 30.4 Å². The molecule has 8 heteroatoms. The van der Waals surface area contributed by atoms with E-state index in [4.69, 9.17) is 4.99 Å². The minimum Gasteiger partial charge on any atom is -0.390 e. The van der Waals surface area contributed by atoms with E-state index in [1.165, 1.54) is 24.8 Å². The highest BCUT2D eigenvalue weighted by Crippen LogP contribution is 2.77. The van der Waals surface area contributed by atoms with Crippen molar-refractivity contribution >= 4 is 12.4 Å². The highest BCUT2D eigenvalue weighted by molar-refractivity contribution is 5.87. The van der Waals surface area contributed by atoms with Crippen LogP contribution in [-0.4, -0.2) is 59.0 Å². The average molecular weight is 540 g/mol. The first-order valence-electron chi connectivity index (χ1n) is 14.6. The highest BCUT2D eigenvalue weighted by atomic mass is 19.1. The fraction of sp³-hybridized carbons (Fsp3) is 0.500. The largest absolute Gasteiger partial charge is 0.390 e. The molecule has 0 bridgehead atoms. The first-order chi connectivity index (χ1) is 19.5. The number of halogens is 1. The number of fused-ring (bicyclic) bond motifs is 2. The Morgan fingerprint density at radius 2 is 2.15 bits per heavy atom. The van der Waals surface area contributed by atoms with Gasteiger partial charge in [-0.05, 0) is 91.0 Å². The van der Waals surface area contributed by atoms with Crippen molar-refractivity contribution in [3.63, 3.8) is 0 Å². The van der Waals surface area contributed by atoms with Gasteiger partial charge in [-0.15, -0.1) is 0 Å². The van der Waals surface area contributed by atoms with Crippen LogP contribution in [0.2, 0.25) is 0 Å². The Morgan fingerprint density at radius 1 is 1.30 bits per heavy atom. The van der Waals surface area contributed by atoms with Gasteiger partial charge in [0.2, 0.25) is 0 Å². The van der Waals surface area contributed by atoms with Gasteiger partial charge < -0.3 is 5.32 Å². The highest BCUT2D eigenvalue weighted by Gasteiger charge is 2.68. The molecule has 40 heavy (non-hydrogen) atoms. The number of nitriles is 1. The second-order valence-electron chi connectivity index (χ2n) is 11.9. The number of pyridine rings is 1. The molecule has 208 valence electrons. The lowest BCUT2D eigenvalue weighted by atomic mass is 9.86. The number of aryl methyl sites for hydroxylation is 1. The number of hydrogen-bond donors (Lipinski definition) is 1. The van der Waals surface area contributed by atoms with Gasteiger partial charge in [0.15, 0.2) is 0 Å². The van der Waals surface area contributed by atoms with Gasteiger partial charge in [0.25, 0.3) is 0 Å². The van der Waals surface area contributed by atoms with Crippen LogP contribution in [0.5, 0.6) is 0 Å². The molecule has 0 aromatic carbocycles. The average Bonchev–Trinajstić information content (AvgIpc) is 3.77. The van der Waals surface area contributed by atoms with Crippen molar-refractivity contribution in [1.82, 2.24) is 20.2 Å². The minimum atomic E-state index is -0.306. The molecule has 2 aliphatic carbocycles. The Morgan fingerprint density at radius 3 is 2.90 bits per heavy atom. The van der Waals surface area contributed by atoms with Crippen LogP contribution in [0.25, 0.3) is 0 Å². The zero-order valence-electron chi connectivity index (χ0n) is 23.4. The van der Waals surface area contributed by atoms with Crippen molar-refractivity contribution in [2.45, 2.75) is 64.6 Å². The molecule has 0 amide bonds. The normalized spacial score (nSPS) is 33.1. The summed E-state index contributed by atoms with van der Waals surface area (Å²) in [7, 11) is 0. The monoisotopic (exact) mass is 539 g/mol. The van der Waals surface area contributed by atoms with Crippen LogP contribution >= 0.6 is 0 Å². The zero-order chi connectivity index (χ0) is 27.7. The Labute approximate surface area is 236 Å². The number of rotatable bonds is 7. The second kappa shape index (κ2) is 11.1. The van der Waals surface area contributed by atoms with Gasteiger partial charge in [-0.3, -0.25) is 19.9 Å². The van der Waals surface area contributed by atoms with Crippen LogP contribution in [0.15, 0.2) is 69.7 Å². The second-order valence-corrected chi connectivity index (χ2v) is 11.9. The third-order valence-electron chi connectivity index (χ3n) is 9.14. The lowest BCUT2D eigenvalue weighted by molar-refractivity contribution is 0.207.